The second-order valence-corrected chi connectivity index (χ2v) is 7.69. The fraction of sp³-hybridized carbons (Fsp3) is 0. The van der Waals surface area contributed by atoms with Crippen LogP contribution in [0.4, 0.5) is 0 Å². The first-order chi connectivity index (χ1) is 15.4. The summed E-state index contributed by atoms with van der Waals surface area (Å²) in [5, 5.41) is 5.25. The van der Waals surface area contributed by atoms with Crippen molar-refractivity contribution in [3.63, 3.8) is 0 Å². The third-order valence-electron chi connectivity index (χ3n) is 5.91. The van der Waals surface area contributed by atoms with E-state index < -0.39 is 0 Å². The van der Waals surface area contributed by atoms with Crippen molar-refractivity contribution in [3.05, 3.63) is 91.1 Å². The normalized spacial score (nSPS) is 11.9. The Kier molecular flexibility index (Phi) is 3.24. The summed E-state index contributed by atoms with van der Waals surface area (Å²) in [6, 6.07) is 28.7. The molecule has 4 heteroatoms. The molecule has 0 aliphatic carbocycles. The molecule has 7 aromatic rings. The highest BCUT2D eigenvalue weighted by molar-refractivity contribution is 6.18. The zero-order valence-electron chi connectivity index (χ0n) is 16.4. The minimum Gasteiger partial charge on any atom is -0.438 e. The number of para-hydroxylation sites is 2. The molecular weight excluding hydrogens is 382 g/mol. The summed E-state index contributed by atoms with van der Waals surface area (Å²) in [4.78, 5) is 14.6. The van der Waals surface area contributed by atoms with Crippen molar-refractivity contribution in [2.24, 2.45) is 0 Å². The Bertz CT molecular complexity index is 1800. The Morgan fingerprint density at radius 1 is 0.613 bits per heavy atom. The van der Waals surface area contributed by atoms with E-state index in [4.69, 9.17) is 14.4 Å². The van der Waals surface area contributed by atoms with Gasteiger partial charge in [-0.2, -0.15) is 0 Å². The highest BCUT2D eigenvalue weighted by Crippen LogP contribution is 2.40. The van der Waals surface area contributed by atoms with Crippen LogP contribution in [-0.4, -0.2) is 15.0 Å². The molecule has 4 nitrogen and oxygen atoms in total. The van der Waals surface area contributed by atoms with Crippen molar-refractivity contribution in [1.29, 1.82) is 0 Å². The molecule has 0 spiro atoms. The van der Waals surface area contributed by atoms with Gasteiger partial charge in [0.05, 0.1) is 27.6 Å². The third kappa shape index (κ3) is 2.33. The van der Waals surface area contributed by atoms with E-state index in [-0.39, 0.29) is 0 Å². The molecule has 0 atom stereocenters. The van der Waals surface area contributed by atoms with Gasteiger partial charge in [-0.15, -0.1) is 0 Å². The van der Waals surface area contributed by atoms with Gasteiger partial charge in [-0.3, -0.25) is 4.98 Å². The van der Waals surface area contributed by atoms with Crippen LogP contribution in [-0.2, 0) is 0 Å². The number of furan rings is 1. The van der Waals surface area contributed by atoms with E-state index in [1.807, 2.05) is 48.7 Å². The number of hydrogen-bond acceptors (Lipinski definition) is 4. The molecule has 0 bridgehead atoms. The molecule has 0 saturated heterocycles. The number of pyridine rings is 3. The summed E-state index contributed by atoms with van der Waals surface area (Å²) >= 11 is 0. The Balaban J connectivity index is 1.68. The zero-order valence-corrected chi connectivity index (χ0v) is 16.4. The maximum atomic E-state index is 6.13. The first-order valence-corrected chi connectivity index (χ1v) is 10.2. The number of nitrogens with zero attached hydrogens (tertiary/aromatic N) is 3. The molecular formula is C27H15N3O. The third-order valence-corrected chi connectivity index (χ3v) is 5.91. The molecule has 31 heavy (non-hydrogen) atoms. The Morgan fingerprint density at radius 3 is 2.32 bits per heavy atom. The second-order valence-electron chi connectivity index (χ2n) is 7.69. The number of aromatic nitrogens is 3. The van der Waals surface area contributed by atoms with Crippen LogP contribution in [0, 0.1) is 0 Å². The second kappa shape index (κ2) is 6.09. The summed E-state index contributed by atoms with van der Waals surface area (Å²) in [6.45, 7) is 0. The van der Waals surface area contributed by atoms with Gasteiger partial charge in [0.25, 0.3) is 0 Å². The van der Waals surface area contributed by atoms with Crippen molar-refractivity contribution in [3.8, 4) is 11.3 Å². The Hall–Kier alpha value is -4.31. The topological polar surface area (TPSA) is 51.8 Å². The number of hydrogen-bond donors (Lipinski definition) is 0. The lowest BCUT2D eigenvalue weighted by molar-refractivity contribution is 0.656. The quantitative estimate of drug-likeness (QED) is 0.283. The molecule has 0 aliphatic rings. The summed E-state index contributed by atoms with van der Waals surface area (Å²) in [7, 11) is 0. The minimum absolute atomic E-state index is 0.632. The van der Waals surface area contributed by atoms with E-state index >= 15 is 0 Å². The van der Waals surface area contributed by atoms with Gasteiger partial charge in [0.15, 0.2) is 0 Å². The lowest BCUT2D eigenvalue weighted by atomic mass is 9.99. The van der Waals surface area contributed by atoms with Crippen LogP contribution in [0.1, 0.15) is 0 Å². The van der Waals surface area contributed by atoms with Crippen molar-refractivity contribution in [2.75, 3.05) is 0 Å². The summed E-state index contributed by atoms with van der Waals surface area (Å²) in [6.07, 6.45) is 1.82. The van der Waals surface area contributed by atoms with Gasteiger partial charge in [-0.1, -0.05) is 60.7 Å². The van der Waals surface area contributed by atoms with Gasteiger partial charge in [-0.05, 0) is 24.3 Å². The van der Waals surface area contributed by atoms with Crippen LogP contribution in [0.5, 0.6) is 0 Å². The van der Waals surface area contributed by atoms with Crippen LogP contribution in [0.2, 0.25) is 0 Å². The van der Waals surface area contributed by atoms with Crippen molar-refractivity contribution >= 4 is 54.8 Å². The van der Waals surface area contributed by atoms with E-state index in [9.17, 15) is 0 Å². The van der Waals surface area contributed by atoms with Gasteiger partial charge < -0.3 is 4.42 Å². The molecule has 0 amide bonds. The van der Waals surface area contributed by atoms with Gasteiger partial charge in [0.1, 0.15) is 5.58 Å². The smallest absolute Gasteiger partial charge is 0.228 e. The van der Waals surface area contributed by atoms with Gasteiger partial charge in [-0.25, -0.2) is 9.97 Å². The van der Waals surface area contributed by atoms with Crippen LogP contribution >= 0.6 is 0 Å². The lowest BCUT2D eigenvalue weighted by Gasteiger charge is -2.10. The molecule has 3 aromatic carbocycles. The van der Waals surface area contributed by atoms with E-state index in [0.717, 1.165) is 60.3 Å². The maximum absolute atomic E-state index is 6.13. The average Bonchev–Trinajstić information content (AvgIpc) is 3.20. The largest absolute Gasteiger partial charge is 0.438 e. The molecule has 0 N–H and O–H groups in total. The molecule has 144 valence electrons. The summed E-state index contributed by atoms with van der Waals surface area (Å²) < 4.78 is 6.13. The molecule has 0 saturated carbocycles. The van der Waals surface area contributed by atoms with E-state index in [0.29, 0.717) is 5.71 Å². The predicted molar refractivity (Wildman–Crippen MR) is 125 cm³/mol. The Morgan fingerprint density at radius 2 is 1.39 bits per heavy atom. The van der Waals surface area contributed by atoms with E-state index in [1.165, 1.54) is 0 Å². The van der Waals surface area contributed by atoms with Crippen molar-refractivity contribution < 1.29 is 4.42 Å². The van der Waals surface area contributed by atoms with Crippen molar-refractivity contribution in [2.45, 2.75) is 0 Å². The first-order valence-electron chi connectivity index (χ1n) is 10.2. The van der Waals surface area contributed by atoms with E-state index in [2.05, 4.69) is 47.4 Å². The highest BCUT2D eigenvalue weighted by Gasteiger charge is 2.19. The standard InChI is InChI=1S/C27H15N3O/c1-3-9-20-18(7-1)23(24-19-8-2-4-10-22(19)31-27(24)30-20)21-14-13-17-12-11-16-6-5-15-28-25(16)26(17)29-21/h1-15H. The summed E-state index contributed by atoms with van der Waals surface area (Å²) in [5.41, 5.74) is 6.09. The molecule has 0 radical (unpaired) electrons. The SMILES string of the molecule is c1cnc2c(c1)ccc1ccc(-c3c4ccccc4nc4oc5ccccc5c34)nc12. The fourth-order valence-corrected chi connectivity index (χ4v) is 4.51. The van der Waals surface area contributed by atoms with Crippen molar-refractivity contribution in [1.82, 2.24) is 15.0 Å². The molecule has 0 unspecified atom stereocenters. The minimum atomic E-state index is 0.632. The zero-order chi connectivity index (χ0) is 20.4. The fourth-order valence-electron chi connectivity index (χ4n) is 4.51. The van der Waals surface area contributed by atoms with Crippen LogP contribution in [0.25, 0.3) is 66.0 Å². The van der Waals surface area contributed by atoms with Gasteiger partial charge in [0.2, 0.25) is 5.71 Å². The van der Waals surface area contributed by atoms with Crippen LogP contribution in [0.3, 0.4) is 0 Å². The molecule has 0 fully saturated rings. The summed E-state index contributed by atoms with van der Waals surface area (Å²) in [5.74, 6) is 0. The first kappa shape index (κ1) is 16.5. The number of rotatable bonds is 1. The maximum Gasteiger partial charge on any atom is 0.228 e. The molecule has 7 rings (SSSR count). The molecule has 4 aromatic heterocycles. The molecule has 0 aliphatic heterocycles. The average molecular weight is 397 g/mol. The van der Waals surface area contributed by atoms with Crippen LogP contribution in [0.15, 0.2) is 95.5 Å². The number of benzene rings is 3. The molecule has 4 heterocycles. The highest BCUT2D eigenvalue weighted by atomic mass is 16.3. The van der Waals surface area contributed by atoms with Gasteiger partial charge >= 0.3 is 0 Å². The van der Waals surface area contributed by atoms with Crippen LogP contribution < -0.4 is 0 Å². The monoisotopic (exact) mass is 397 g/mol. The lowest BCUT2D eigenvalue weighted by Crippen LogP contribution is -1.92. The predicted octanol–water partition coefficient (Wildman–Crippen LogP) is 6.90. The Labute approximate surface area is 176 Å². The van der Waals surface area contributed by atoms with Gasteiger partial charge in [0, 0.05) is 33.3 Å². The van der Waals surface area contributed by atoms with E-state index in [1.54, 1.807) is 0 Å². The number of fused-ring (bicyclic) bond motifs is 7.